The molecule has 7 nitrogen and oxygen atoms in total. The predicted molar refractivity (Wildman–Crippen MR) is 88.5 cm³/mol. The molecule has 2 aromatic rings. The van der Waals surface area contributed by atoms with Gasteiger partial charge in [-0.25, -0.2) is 9.78 Å². The van der Waals surface area contributed by atoms with E-state index in [1.165, 1.54) is 29.0 Å². The zero-order chi connectivity index (χ0) is 17.4. The number of carbonyl (C=O) groups is 2. The van der Waals surface area contributed by atoms with Crippen LogP contribution in [0.15, 0.2) is 22.3 Å². The average Bonchev–Trinajstić information content (AvgIpc) is 3.17. The van der Waals surface area contributed by atoms with Gasteiger partial charge >= 0.3 is 5.97 Å². The average molecular weight is 347 g/mol. The monoisotopic (exact) mass is 347 g/mol. The standard InChI is InChI=1S/C16H17N3O4S/c1-9-8-24-14(17-9)11-4-3-5-19(11)15(21)12-6-10(16(22)23)7-13(20)18(12)2/h6-8,11H,3-5H2,1-2H3,(H,22,23)/t11-/m1/s1. The van der Waals surface area contributed by atoms with Gasteiger partial charge in [0.1, 0.15) is 10.7 Å². The van der Waals surface area contributed by atoms with Crippen molar-refractivity contribution in [3.05, 3.63) is 49.8 Å². The lowest BCUT2D eigenvalue weighted by Gasteiger charge is -2.24. The normalized spacial score (nSPS) is 17.2. The van der Waals surface area contributed by atoms with Crippen LogP contribution in [0.4, 0.5) is 0 Å². The first-order valence-corrected chi connectivity index (χ1v) is 8.44. The van der Waals surface area contributed by atoms with Crippen molar-refractivity contribution < 1.29 is 14.7 Å². The number of nitrogens with zero attached hydrogens (tertiary/aromatic N) is 3. The zero-order valence-corrected chi connectivity index (χ0v) is 14.2. The first kappa shape index (κ1) is 16.4. The highest BCUT2D eigenvalue weighted by Gasteiger charge is 2.33. The molecule has 0 radical (unpaired) electrons. The lowest BCUT2D eigenvalue weighted by molar-refractivity contribution is 0.0696. The molecule has 0 aliphatic carbocycles. The molecule has 2 aromatic heterocycles. The fourth-order valence-electron chi connectivity index (χ4n) is 2.90. The SMILES string of the molecule is Cc1csc([C@H]2CCCN2C(=O)c2cc(C(=O)O)cc(=O)n2C)n1. The van der Waals surface area contributed by atoms with Gasteiger partial charge in [-0.15, -0.1) is 11.3 Å². The molecule has 0 unspecified atom stereocenters. The molecule has 8 heteroatoms. The second-order valence-corrected chi connectivity index (χ2v) is 6.71. The number of carboxylic acids is 1. The van der Waals surface area contributed by atoms with Crippen molar-refractivity contribution in [2.45, 2.75) is 25.8 Å². The van der Waals surface area contributed by atoms with E-state index >= 15 is 0 Å². The third kappa shape index (κ3) is 2.84. The van der Waals surface area contributed by atoms with Crippen LogP contribution in [0.3, 0.4) is 0 Å². The first-order chi connectivity index (χ1) is 11.4. The Morgan fingerprint density at radius 3 is 2.75 bits per heavy atom. The van der Waals surface area contributed by atoms with Crippen LogP contribution in [0, 0.1) is 6.92 Å². The van der Waals surface area contributed by atoms with Crippen molar-refractivity contribution in [1.29, 1.82) is 0 Å². The van der Waals surface area contributed by atoms with Gasteiger partial charge < -0.3 is 14.6 Å². The van der Waals surface area contributed by atoms with E-state index in [0.29, 0.717) is 6.54 Å². The van der Waals surface area contributed by atoms with Gasteiger partial charge in [0.2, 0.25) is 0 Å². The fraction of sp³-hybridized carbons (Fsp3) is 0.375. The van der Waals surface area contributed by atoms with E-state index in [4.69, 9.17) is 5.11 Å². The highest BCUT2D eigenvalue weighted by atomic mass is 32.1. The third-order valence-corrected chi connectivity index (χ3v) is 5.23. The predicted octanol–water partition coefficient (Wildman–Crippen LogP) is 1.83. The molecule has 1 fully saturated rings. The Morgan fingerprint density at radius 2 is 2.12 bits per heavy atom. The van der Waals surface area contributed by atoms with Crippen LogP contribution in [0.2, 0.25) is 0 Å². The van der Waals surface area contributed by atoms with Gasteiger partial charge in [0, 0.05) is 30.7 Å². The summed E-state index contributed by atoms with van der Waals surface area (Å²) in [4.78, 5) is 42.2. The number of pyridine rings is 1. The van der Waals surface area contributed by atoms with E-state index in [9.17, 15) is 14.4 Å². The first-order valence-electron chi connectivity index (χ1n) is 7.56. The van der Waals surface area contributed by atoms with Crippen LogP contribution in [-0.2, 0) is 7.05 Å². The maximum Gasteiger partial charge on any atom is 0.335 e. The van der Waals surface area contributed by atoms with Crippen molar-refractivity contribution in [3.8, 4) is 0 Å². The maximum absolute atomic E-state index is 12.9. The molecule has 1 aliphatic heterocycles. The van der Waals surface area contributed by atoms with Gasteiger partial charge in [0.15, 0.2) is 0 Å². The second kappa shape index (κ2) is 6.20. The molecular formula is C16H17N3O4S. The number of thiazole rings is 1. The minimum Gasteiger partial charge on any atom is -0.478 e. The van der Waals surface area contributed by atoms with Gasteiger partial charge in [0.25, 0.3) is 11.5 Å². The number of aryl methyl sites for hydroxylation is 1. The van der Waals surface area contributed by atoms with E-state index in [0.717, 1.165) is 29.6 Å². The number of rotatable bonds is 3. The Labute approximate surface area is 142 Å². The van der Waals surface area contributed by atoms with E-state index in [-0.39, 0.29) is 23.2 Å². The molecule has 24 heavy (non-hydrogen) atoms. The summed E-state index contributed by atoms with van der Waals surface area (Å²) in [7, 11) is 1.47. The second-order valence-electron chi connectivity index (χ2n) is 5.82. The number of hydrogen-bond donors (Lipinski definition) is 1. The minimum atomic E-state index is -1.23. The van der Waals surface area contributed by atoms with Crippen LogP contribution >= 0.6 is 11.3 Å². The number of carbonyl (C=O) groups excluding carboxylic acids is 1. The summed E-state index contributed by atoms with van der Waals surface area (Å²) in [6.07, 6.45) is 1.66. The van der Waals surface area contributed by atoms with E-state index in [1.54, 1.807) is 4.90 Å². The number of carboxylic acid groups (broad SMARTS) is 1. The van der Waals surface area contributed by atoms with Gasteiger partial charge in [-0.3, -0.25) is 9.59 Å². The minimum absolute atomic E-state index is 0.0834. The zero-order valence-electron chi connectivity index (χ0n) is 13.4. The Hall–Kier alpha value is -2.48. The molecule has 1 amide bonds. The molecule has 0 bridgehead atoms. The Bertz CT molecular complexity index is 870. The van der Waals surface area contributed by atoms with Crippen molar-refractivity contribution in [1.82, 2.24) is 14.5 Å². The van der Waals surface area contributed by atoms with Crippen LogP contribution in [-0.4, -0.2) is 38.0 Å². The summed E-state index contributed by atoms with van der Waals surface area (Å²) in [6, 6.07) is 2.15. The van der Waals surface area contributed by atoms with Crippen molar-refractivity contribution >= 4 is 23.2 Å². The van der Waals surface area contributed by atoms with Gasteiger partial charge in [-0.1, -0.05) is 0 Å². The quantitative estimate of drug-likeness (QED) is 0.914. The Morgan fingerprint density at radius 1 is 1.38 bits per heavy atom. The molecule has 3 heterocycles. The molecule has 0 saturated carbocycles. The summed E-state index contributed by atoms with van der Waals surface area (Å²) >= 11 is 1.51. The molecule has 0 aromatic carbocycles. The van der Waals surface area contributed by atoms with E-state index in [1.807, 2.05) is 12.3 Å². The molecule has 0 spiro atoms. The van der Waals surface area contributed by atoms with Gasteiger partial charge in [-0.2, -0.15) is 0 Å². The lowest BCUT2D eigenvalue weighted by atomic mass is 10.2. The maximum atomic E-state index is 12.9. The smallest absolute Gasteiger partial charge is 0.335 e. The summed E-state index contributed by atoms with van der Waals surface area (Å²) < 4.78 is 1.19. The van der Waals surface area contributed by atoms with Crippen molar-refractivity contribution in [2.75, 3.05) is 6.54 Å². The molecule has 3 rings (SSSR count). The molecule has 1 aliphatic rings. The van der Waals surface area contributed by atoms with Crippen LogP contribution < -0.4 is 5.56 Å². The van der Waals surface area contributed by atoms with Gasteiger partial charge in [-0.05, 0) is 25.8 Å². The van der Waals surface area contributed by atoms with Crippen LogP contribution in [0.5, 0.6) is 0 Å². The largest absolute Gasteiger partial charge is 0.478 e. The van der Waals surface area contributed by atoms with Crippen LogP contribution in [0.25, 0.3) is 0 Å². The number of aromatic nitrogens is 2. The molecule has 126 valence electrons. The number of aromatic carboxylic acids is 1. The molecular weight excluding hydrogens is 330 g/mol. The lowest BCUT2D eigenvalue weighted by Crippen LogP contribution is -2.35. The third-order valence-electron chi connectivity index (χ3n) is 4.16. The fourth-order valence-corrected chi connectivity index (χ4v) is 3.84. The molecule has 1 saturated heterocycles. The highest BCUT2D eigenvalue weighted by molar-refractivity contribution is 7.09. The topological polar surface area (TPSA) is 92.5 Å². The Kier molecular flexibility index (Phi) is 4.23. The number of amides is 1. The van der Waals surface area contributed by atoms with Crippen molar-refractivity contribution in [2.24, 2.45) is 7.05 Å². The molecule has 1 N–H and O–H groups in total. The summed E-state index contributed by atoms with van der Waals surface area (Å²) in [5, 5.41) is 11.9. The highest BCUT2D eigenvalue weighted by Crippen LogP contribution is 2.34. The van der Waals surface area contributed by atoms with Crippen molar-refractivity contribution in [3.63, 3.8) is 0 Å². The summed E-state index contributed by atoms with van der Waals surface area (Å²) in [6.45, 7) is 2.47. The number of likely N-dealkylation sites (tertiary alicyclic amines) is 1. The summed E-state index contributed by atoms with van der Waals surface area (Å²) in [5.41, 5.74) is 0.302. The summed E-state index contributed by atoms with van der Waals surface area (Å²) in [5.74, 6) is -1.57. The van der Waals surface area contributed by atoms with E-state index in [2.05, 4.69) is 4.98 Å². The number of hydrogen-bond acceptors (Lipinski definition) is 5. The molecule has 1 atom stereocenters. The van der Waals surface area contributed by atoms with Gasteiger partial charge in [0.05, 0.1) is 11.6 Å². The van der Waals surface area contributed by atoms with E-state index < -0.39 is 11.5 Å². The van der Waals surface area contributed by atoms with Crippen LogP contribution in [0.1, 0.15) is 50.4 Å². The Balaban J connectivity index is 1.99.